The van der Waals surface area contributed by atoms with E-state index >= 15 is 0 Å². The second-order valence-corrected chi connectivity index (χ2v) is 13.6. The summed E-state index contributed by atoms with van der Waals surface area (Å²) in [5.74, 6) is -0.296. The van der Waals surface area contributed by atoms with Crippen LogP contribution in [0.15, 0.2) is 11.0 Å². The first-order chi connectivity index (χ1) is 18.7. The number of aromatic nitrogens is 2. The van der Waals surface area contributed by atoms with Crippen molar-refractivity contribution in [2.45, 2.75) is 74.5 Å². The Balaban J connectivity index is 0.000000867. The number of nitrogens with zero attached hydrogens (tertiary/aromatic N) is 2. The molecule has 2 aromatic rings. The van der Waals surface area contributed by atoms with Gasteiger partial charge >= 0.3 is 0 Å². The highest BCUT2D eigenvalue weighted by Crippen LogP contribution is 2.43. The molecule has 1 atom stereocenters. The number of aryl methyl sites for hydroxylation is 2. The van der Waals surface area contributed by atoms with Gasteiger partial charge < -0.3 is 22.1 Å². The van der Waals surface area contributed by atoms with Crippen LogP contribution in [0.3, 0.4) is 0 Å². The van der Waals surface area contributed by atoms with Crippen molar-refractivity contribution in [1.82, 2.24) is 19.8 Å². The third-order valence-corrected chi connectivity index (χ3v) is 10.1. The number of halogens is 3. The Morgan fingerprint density at radius 2 is 1.85 bits per heavy atom. The summed E-state index contributed by atoms with van der Waals surface area (Å²) in [6, 6.07) is 0.511. The van der Waals surface area contributed by atoms with Crippen LogP contribution >= 0.6 is 35.8 Å². The Morgan fingerprint density at radius 1 is 1.20 bits per heavy atom. The van der Waals surface area contributed by atoms with Crippen molar-refractivity contribution in [1.29, 1.82) is 0 Å². The molecule has 7 N–H and O–H groups in total. The number of thiocarbonyl (C=S) groups is 2. The number of carbonyl (C=O) groups excluding carboxylic acids is 1. The fourth-order valence-electron chi connectivity index (χ4n) is 4.60. The minimum absolute atomic E-state index is 0.000000000000000222. The fraction of sp³-hybridized carbons (Fsp3) is 0.565. The van der Waals surface area contributed by atoms with Crippen LogP contribution in [0.1, 0.15) is 60.4 Å². The average Bonchev–Trinajstić information content (AvgIpc) is 3.51. The lowest BCUT2D eigenvalue weighted by molar-refractivity contribution is -0.117. The van der Waals surface area contributed by atoms with Crippen molar-refractivity contribution in [3.8, 4) is 0 Å². The summed E-state index contributed by atoms with van der Waals surface area (Å²) in [6.45, 7) is 0. The molecule has 10 nitrogen and oxygen atoms in total. The van der Waals surface area contributed by atoms with Crippen LogP contribution in [0.4, 0.5) is 18.2 Å². The zero-order valence-electron chi connectivity index (χ0n) is 21.5. The van der Waals surface area contributed by atoms with Gasteiger partial charge in [0.15, 0.2) is 5.11 Å². The van der Waals surface area contributed by atoms with Crippen LogP contribution in [-0.4, -0.2) is 52.5 Å². The molecule has 220 valence electrons. The van der Waals surface area contributed by atoms with E-state index in [9.17, 15) is 26.4 Å². The van der Waals surface area contributed by atoms with Crippen LogP contribution in [-0.2, 0) is 34.7 Å². The number of amides is 1. The number of thiophene rings is 1. The van der Waals surface area contributed by atoms with Gasteiger partial charge in [0.2, 0.25) is 15.9 Å². The quantitative estimate of drug-likeness (QED) is 0.275. The zero-order chi connectivity index (χ0) is 29.4. The molecule has 0 saturated heterocycles. The minimum Gasteiger partial charge on any atom is -0.377 e. The molecular weight excluding hydrogens is 608 g/mol. The number of hydrogen-bond donors (Lipinski definition) is 5. The molecule has 3 aliphatic carbocycles. The van der Waals surface area contributed by atoms with Crippen LogP contribution in [0.5, 0.6) is 0 Å². The maximum Gasteiger partial charge on any atom is 0.282 e. The van der Waals surface area contributed by atoms with Crippen molar-refractivity contribution in [3.05, 3.63) is 27.9 Å². The molecule has 3 aliphatic rings. The van der Waals surface area contributed by atoms with Crippen LogP contribution in [0, 0.1) is 5.92 Å². The van der Waals surface area contributed by atoms with Gasteiger partial charge in [-0.25, -0.2) is 26.3 Å². The highest BCUT2D eigenvalue weighted by atomic mass is 32.2. The standard InChI is InChI=1S/C22H26F3N5O3S3.CH4N2S/c1-30-16(9-15(28-30)19(24)25)21(34)26-12-4-5-17-14(8-12)18(22(35-17)27-20(31)10-2-3-10)36(32,33)29-13-6-11(23)7-13;2-1(3)4/h9-13,19,29H,2-8H2,1H3,(H,26,34)(H,27,31);(H4,2,3,4)/t11?,12-,13?;/m0./s1. The molecule has 0 bridgehead atoms. The summed E-state index contributed by atoms with van der Waals surface area (Å²) in [5.41, 5.74) is 9.81. The molecule has 1 amide bonds. The molecule has 2 heterocycles. The Kier molecular flexibility index (Phi) is 9.38. The first-order valence-electron chi connectivity index (χ1n) is 12.5. The van der Waals surface area contributed by atoms with Gasteiger partial charge in [0.25, 0.3) is 6.43 Å². The van der Waals surface area contributed by atoms with E-state index in [1.54, 1.807) is 0 Å². The minimum atomic E-state index is -4.02. The van der Waals surface area contributed by atoms with Gasteiger partial charge in [-0.3, -0.25) is 9.48 Å². The molecule has 5 rings (SSSR count). The van der Waals surface area contributed by atoms with E-state index in [1.165, 1.54) is 29.1 Å². The van der Waals surface area contributed by atoms with Crippen molar-refractivity contribution in [2.75, 3.05) is 5.32 Å². The summed E-state index contributed by atoms with van der Waals surface area (Å²) < 4.78 is 70.1. The molecule has 0 radical (unpaired) electrons. The van der Waals surface area contributed by atoms with Crippen molar-refractivity contribution in [2.24, 2.45) is 24.4 Å². The number of sulfonamides is 1. The third-order valence-electron chi connectivity index (χ3n) is 6.76. The fourth-order valence-corrected chi connectivity index (χ4v) is 8.19. The smallest absolute Gasteiger partial charge is 0.282 e. The Hall–Kier alpha value is -2.34. The molecule has 2 saturated carbocycles. The Morgan fingerprint density at radius 3 is 2.40 bits per heavy atom. The largest absolute Gasteiger partial charge is 0.377 e. The van der Waals surface area contributed by atoms with E-state index < -0.39 is 28.7 Å². The molecule has 17 heteroatoms. The lowest BCUT2D eigenvalue weighted by atomic mass is 9.92. The molecule has 2 aromatic heterocycles. The zero-order valence-corrected chi connectivity index (χ0v) is 24.7. The monoisotopic (exact) mass is 637 g/mol. The highest BCUT2D eigenvalue weighted by Gasteiger charge is 2.39. The van der Waals surface area contributed by atoms with Gasteiger partial charge in [0.05, 0.1) is 5.69 Å². The van der Waals surface area contributed by atoms with Crippen LogP contribution in [0.2, 0.25) is 0 Å². The molecular formula is C23H30F3N7O3S4. The summed E-state index contributed by atoms with van der Waals surface area (Å²) in [4.78, 5) is 13.6. The van der Waals surface area contributed by atoms with Crippen molar-refractivity contribution in [3.63, 3.8) is 0 Å². The molecule has 0 unspecified atom stereocenters. The number of anilines is 1. The van der Waals surface area contributed by atoms with Gasteiger partial charge in [-0.1, -0.05) is 12.2 Å². The molecule has 0 aromatic carbocycles. The van der Waals surface area contributed by atoms with Gasteiger partial charge in [0, 0.05) is 29.9 Å². The van der Waals surface area contributed by atoms with E-state index in [0.29, 0.717) is 30.5 Å². The second-order valence-electron chi connectivity index (χ2n) is 10.0. The predicted octanol–water partition coefficient (Wildman–Crippen LogP) is 2.56. The van der Waals surface area contributed by atoms with Crippen LogP contribution < -0.4 is 26.8 Å². The molecule has 40 heavy (non-hydrogen) atoms. The predicted molar refractivity (Wildman–Crippen MR) is 154 cm³/mol. The molecule has 0 spiro atoms. The first-order valence-corrected chi connectivity index (χ1v) is 15.7. The average molecular weight is 638 g/mol. The molecule has 2 fully saturated rings. The topological polar surface area (TPSA) is 157 Å². The number of alkyl halides is 3. The normalized spacial score (nSPS) is 22.0. The summed E-state index contributed by atoms with van der Waals surface area (Å²) in [7, 11) is -2.49. The second kappa shape index (κ2) is 12.3. The van der Waals surface area contributed by atoms with E-state index in [2.05, 4.69) is 44.1 Å². The third kappa shape index (κ3) is 7.29. The van der Waals surface area contributed by atoms with Crippen molar-refractivity contribution < 1.29 is 26.4 Å². The van der Waals surface area contributed by atoms with E-state index in [4.69, 9.17) is 12.2 Å². The maximum atomic E-state index is 13.4. The lowest BCUT2D eigenvalue weighted by Gasteiger charge is -2.30. The summed E-state index contributed by atoms with van der Waals surface area (Å²) in [6.07, 6.45) is -0.410. The Bertz CT molecular complexity index is 1400. The number of fused-ring (bicyclic) bond motifs is 1. The lowest BCUT2D eigenvalue weighted by Crippen LogP contribution is -2.45. The first kappa shape index (κ1) is 30.6. The highest BCUT2D eigenvalue weighted by molar-refractivity contribution is 7.90. The number of nitrogens with two attached hydrogens (primary N) is 2. The summed E-state index contributed by atoms with van der Waals surface area (Å²) >= 11 is 10.8. The van der Waals surface area contributed by atoms with Crippen LogP contribution in [0.25, 0.3) is 0 Å². The van der Waals surface area contributed by atoms with Crippen molar-refractivity contribution >= 4 is 66.8 Å². The van der Waals surface area contributed by atoms with Gasteiger partial charge in [-0.2, -0.15) is 5.10 Å². The maximum absolute atomic E-state index is 13.4. The van der Waals surface area contributed by atoms with Gasteiger partial charge in [0.1, 0.15) is 26.8 Å². The number of carbonyl (C=O) groups is 1. The number of nitrogens with one attached hydrogen (secondary N) is 3. The Labute approximate surface area is 244 Å². The van der Waals surface area contributed by atoms with E-state index in [0.717, 1.165) is 17.7 Å². The summed E-state index contributed by atoms with van der Waals surface area (Å²) in [5, 5.41) is 10.1. The number of rotatable bonds is 8. The number of hydrogen-bond acceptors (Lipinski definition) is 7. The van der Waals surface area contributed by atoms with E-state index in [1.807, 2.05) is 0 Å². The molecule has 0 aliphatic heterocycles. The SMILES string of the molecule is Cn1nc(C(F)F)cc1C(=S)N[C@H]1CCc2sc(NC(=O)C3CC3)c(S(=O)(=O)NC3CC(F)C3)c2C1.NC(N)=S. The van der Waals surface area contributed by atoms with Gasteiger partial charge in [-0.05, 0) is 68.8 Å². The van der Waals surface area contributed by atoms with Gasteiger partial charge in [-0.15, -0.1) is 11.3 Å². The van der Waals surface area contributed by atoms with E-state index in [-0.39, 0.29) is 56.4 Å².